The summed E-state index contributed by atoms with van der Waals surface area (Å²) in [6.45, 7) is 0.341. The number of rotatable bonds is 3. The summed E-state index contributed by atoms with van der Waals surface area (Å²) in [5.74, 6) is -0.804. The molecule has 1 aromatic heterocycles. The van der Waals surface area contributed by atoms with Crippen LogP contribution in [0.2, 0.25) is 0 Å². The minimum absolute atomic E-state index is 0.0829. The van der Waals surface area contributed by atoms with Crippen LogP contribution in [0.3, 0.4) is 0 Å². The Morgan fingerprint density at radius 2 is 2.44 bits per heavy atom. The number of anilines is 2. The van der Waals surface area contributed by atoms with Crippen molar-refractivity contribution in [2.45, 2.75) is 18.6 Å². The third kappa shape index (κ3) is 2.02. The summed E-state index contributed by atoms with van der Waals surface area (Å²) in [6.07, 6.45) is 1.32. The van der Waals surface area contributed by atoms with Crippen LogP contribution in [0.4, 0.5) is 11.5 Å². The number of nitrogens with one attached hydrogen (secondary N) is 1. The lowest BCUT2D eigenvalue weighted by Gasteiger charge is -2.22. The predicted octanol–water partition coefficient (Wildman–Crippen LogP) is -0.970. The number of hydrogen-bond acceptors (Lipinski definition) is 6. The number of nitrogen functional groups attached to an aromatic ring is 1. The molecule has 8 heteroatoms. The normalized spacial score (nSPS) is 23.3. The lowest BCUT2D eigenvalue weighted by molar-refractivity contribution is -0.138. The topological polar surface area (TPSA) is 122 Å². The molecule has 0 saturated carbocycles. The maximum absolute atomic E-state index is 11.4. The monoisotopic (exact) mass is 254 g/mol. The minimum Gasteiger partial charge on any atom is -0.480 e. The van der Waals surface area contributed by atoms with Crippen LogP contribution in [0.25, 0.3) is 0 Å². The van der Waals surface area contributed by atoms with E-state index in [-0.39, 0.29) is 17.6 Å². The van der Waals surface area contributed by atoms with Gasteiger partial charge in [-0.25, -0.2) is 9.78 Å². The van der Waals surface area contributed by atoms with Gasteiger partial charge in [-0.05, 0) is 0 Å². The molecule has 1 aliphatic heterocycles. The summed E-state index contributed by atoms with van der Waals surface area (Å²) < 4.78 is 5.15. The smallest absolute Gasteiger partial charge is 0.326 e. The van der Waals surface area contributed by atoms with Crippen molar-refractivity contribution < 1.29 is 14.6 Å². The van der Waals surface area contributed by atoms with Crippen molar-refractivity contribution in [2.24, 2.45) is 0 Å². The van der Waals surface area contributed by atoms with Crippen LogP contribution in [0.5, 0.6) is 0 Å². The third-order valence-electron chi connectivity index (χ3n) is 3.02. The summed E-state index contributed by atoms with van der Waals surface area (Å²) in [7, 11) is 1.52. The van der Waals surface area contributed by atoms with Gasteiger partial charge in [0.25, 0.3) is 5.56 Å². The summed E-state index contributed by atoms with van der Waals surface area (Å²) in [6, 6.07) is -0.786. The maximum atomic E-state index is 11.4. The SMILES string of the molecule is COC1CC(C(=O)O)N(c2nc[nH]c(=O)c2N)C1. The van der Waals surface area contributed by atoms with Gasteiger partial charge in [0.1, 0.15) is 11.7 Å². The lowest BCUT2D eigenvalue weighted by atomic mass is 10.2. The number of nitrogens with zero attached hydrogens (tertiary/aromatic N) is 2. The molecule has 0 amide bonds. The van der Waals surface area contributed by atoms with Gasteiger partial charge in [0.05, 0.1) is 12.4 Å². The molecule has 8 nitrogen and oxygen atoms in total. The van der Waals surface area contributed by atoms with Gasteiger partial charge in [-0.3, -0.25) is 4.79 Å². The predicted molar refractivity (Wildman–Crippen MR) is 63.5 cm³/mol. The zero-order valence-corrected chi connectivity index (χ0v) is 9.79. The average molecular weight is 254 g/mol. The van der Waals surface area contributed by atoms with E-state index >= 15 is 0 Å². The van der Waals surface area contributed by atoms with Crippen molar-refractivity contribution in [1.82, 2.24) is 9.97 Å². The molecule has 1 aliphatic rings. The summed E-state index contributed by atoms with van der Waals surface area (Å²) >= 11 is 0. The van der Waals surface area contributed by atoms with Crippen LogP contribution in [0.15, 0.2) is 11.1 Å². The first kappa shape index (κ1) is 12.4. The largest absolute Gasteiger partial charge is 0.480 e. The fraction of sp³-hybridized carbons (Fsp3) is 0.500. The van der Waals surface area contributed by atoms with E-state index in [0.717, 1.165) is 0 Å². The molecule has 0 bridgehead atoms. The van der Waals surface area contributed by atoms with Crippen molar-refractivity contribution in [2.75, 3.05) is 24.3 Å². The molecule has 4 N–H and O–H groups in total. The van der Waals surface area contributed by atoms with Gasteiger partial charge in [-0.15, -0.1) is 0 Å². The molecule has 18 heavy (non-hydrogen) atoms. The van der Waals surface area contributed by atoms with Gasteiger partial charge in [0.2, 0.25) is 0 Å². The first-order chi connectivity index (χ1) is 8.54. The van der Waals surface area contributed by atoms with E-state index in [1.807, 2.05) is 0 Å². The number of carboxylic acids is 1. The molecule has 2 rings (SSSR count). The lowest BCUT2D eigenvalue weighted by Crippen LogP contribution is -2.38. The van der Waals surface area contributed by atoms with E-state index < -0.39 is 17.6 Å². The van der Waals surface area contributed by atoms with E-state index in [1.54, 1.807) is 0 Å². The highest BCUT2D eigenvalue weighted by Gasteiger charge is 2.38. The van der Waals surface area contributed by atoms with Crippen LogP contribution < -0.4 is 16.2 Å². The number of carbonyl (C=O) groups is 1. The molecule has 0 radical (unpaired) electrons. The fourth-order valence-corrected chi connectivity index (χ4v) is 2.07. The van der Waals surface area contributed by atoms with E-state index in [4.69, 9.17) is 15.6 Å². The first-order valence-corrected chi connectivity index (χ1v) is 5.40. The van der Waals surface area contributed by atoms with E-state index in [9.17, 15) is 9.59 Å². The molecule has 2 unspecified atom stereocenters. The number of ether oxygens (including phenoxy) is 1. The Morgan fingerprint density at radius 3 is 3.06 bits per heavy atom. The van der Waals surface area contributed by atoms with Gasteiger partial charge < -0.3 is 25.5 Å². The van der Waals surface area contributed by atoms with Gasteiger partial charge in [0.15, 0.2) is 5.82 Å². The number of nitrogens with two attached hydrogens (primary N) is 1. The van der Waals surface area contributed by atoms with Crippen LogP contribution in [0.1, 0.15) is 6.42 Å². The Balaban J connectivity index is 2.39. The first-order valence-electron chi connectivity index (χ1n) is 5.40. The zero-order chi connectivity index (χ0) is 13.3. The van der Waals surface area contributed by atoms with Gasteiger partial charge >= 0.3 is 5.97 Å². The molecule has 0 aromatic carbocycles. The molecule has 2 atom stereocenters. The van der Waals surface area contributed by atoms with Crippen LogP contribution in [-0.4, -0.2) is 46.8 Å². The van der Waals surface area contributed by atoms with E-state index in [2.05, 4.69) is 9.97 Å². The van der Waals surface area contributed by atoms with Crippen molar-refractivity contribution in [3.05, 3.63) is 16.7 Å². The Kier molecular flexibility index (Phi) is 3.19. The Hall–Kier alpha value is -2.09. The van der Waals surface area contributed by atoms with Crippen molar-refractivity contribution in [3.63, 3.8) is 0 Å². The Labute approximate surface area is 102 Å². The van der Waals surface area contributed by atoms with Gasteiger partial charge in [0, 0.05) is 20.1 Å². The standard InChI is InChI=1S/C10H14N4O4/c1-18-5-2-6(10(16)17)14(3-5)8-7(11)9(15)13-4-12-8/h4-6H,2-3,11H2,1H3,(H,16,17)(H,12,13,15). The van der Waals surface area contributed by atoms with Crippen LogP contribution >= 0.6 is 0 Å². The van der Waals surface area contributed by atoms with Crippen LogP contribution in [-0.2, 0) is 9.53 Å². The highest BCUT2D eigenvalue weighted by Crippen LogP contribution is 2.27. The number of hydrogen-bond donors (Lipinski definition) is 3. The van der Waals surface area contributed by atoms with E-state index in [1.165, 1.54) is 18.3 Å². The fourth-order valence-electron chi connectivity index (χ4n) is 2.07. The molecular weight excluding hydrogens is 240 g/mol. The molecule has 1 aromatic rings. The quantitative estimate of drug-likeness (QED) is 0.634. The second-order valence-electron chi connectivity index (χ2n) is 4.07. The zero-order valence-electron chi connectivity index (χ0n) is 9.79. The van der Waals surface area contributed by atoms with E-state index in [0.29, 0.717) is 13.0 Å². The van der Waals surface area contributed by atoms with Crippen LogP contribution in [0, 0.1) is 0 Å². The molecule has 0 spiro atoms. The highest BCUT2D eigenvalue weighted by molar-refractivity contribution is 5.80. The maximum Gasteiger partial charge on any atom is 0.326 e. The number of aromatic amines is 1. The Morgan fingerprint density at radius 1 is 1.72 bits per heavy atom. The molecular formula is C10H14N4O4. The molecule has 98 valence electrons. The second-order valence-corrected chi connectivity index (χ2v) is 4.07. The highest BCUT2D eigenvalue weighted by atomic mass is 16.5. The van der Waals surface area contributed by atoms with Crippen molar-refractivity contribution in [3.8, 4) is 0 Å². The Bertz CT molecular complexity index is 515. The number of aliphatic carboxylic acids is 1. The number of carboxylic acid groups (broad SMARTS) is 1. The average Bonchev–Trinajstić information content (AvgIpc) is 2.77. The second kappa shape index (κ2) is 4.65. The third-order valence-corrected chi connectivity index (χ3v) is 3.02. The molecule has 1 fully saturated rings. The van der Waals surface area contributed by atoms with Gasteiger partial charge in [-0.1, -0.05) is 0 Å². The number of H-pyrrole nitrogens is 1. The molecule has 2 heterocycles. The summed E-state index contributed by atoms with van der Waals surface area (Å²) in [5, 5.41) is 9.17. The summed E-state index contributed by atoms with van der Waals surface area (Å²) in [5.41, 5.74) is 5.07. The van der Waals surface area contributed by atoms with Crippen molar-refractivity contribution in [1.29, 1.82) is 0 Å². The van der Waals surface area contributed by atoms with Gasteiger partial charge in [-0.2, -0.15) is 0 Å². The number of methoxy groups -OCH3 is 1. The molecule has 1 saturated heterocycles. The minimum atomic E-state index is -0.990. The summed E-state index contributed by atoms with van der Waals surface area (Å²) in [4.78, 5) is 30.4. The number of aromatic nitrogens is 2. The van der Waals surface area contributed by atoms with Crippen molar-refractivity contribution >= 4 is 17.5 Å². The molecule has 0 aliphatic carbocycles.